The number of carbonyl (C=O) groups is 1. The number of ether oxygens (including phenoxy) is 1. The summed E-state index contributed by atoms with van der Waals surface area (Å²) in [5.74, 6) is 0.890. The molecule has 0 bridgehead atoms. The van der Waals surface area contributed by atoms with E-state index in [0.29, 0.717) is 36.0 Å². The number of hydrogen-bond acceptors (Lipinski definition) is 8. The zero-order valence-corrected chi connectivity index (χ0v) is 20.3. The highest BCUT2D eigenvalue weighted by Crippen LogP contribution is 2.29. The summed E-state index contributed by atoms with van der Waals surface area (Å²) in [5, 5.41) is 6.91. The predicted molar refractivity (Wildman–Crippen MR) is 134 cm³/mol. The maximum absolute atomic E-state index is 12.0. The first-order chi connectivity index (χ1) is 16.5. The number of esters is 1. The van der Waals surface area contributed by atoms with Crippen molar-refractivity contribution in [1.29, 1.82) is 0 Å². The van der Waals surface area contributed by atoms with E-state index in [1.807, 2.05) is 18.5 Å². The molecule has 1 aromatic carbocycles. The Labute approximate surface area is 200 Å². The van der Waals surface area contributed by atoms with Gasteiger partial charge in [-0.2, -0.15) is 9.97 Å². The molecule has 1 saturated carbocycles. The Bertz CT molecular complexity index is 1100. The van der Waals surface area contributed by atoms with Crippen molar-refractivity contribution in [3.8, 4) is 0 Å². The molecular weight excluding hydrogens is 430 g/mol. The second-order valence-electron chi connectivity index (χ2n) is 8.87. The number of imidazole rings is 1. The van der Waals surface area contributed by atoms with E-state index in [9.17, 15) is 4.79 Å². The van der Waals surface area contributed by atoms with Gasteiger partial charge in [0.1, 0.15) is 0 Å². The zero-order chi connectivity index (χ0) is 24.1. The maximum atomic E-state index is 12.0. The Kier molecular flexibility index (Phi) is 7.62. The monoisotopic (exact) mass is 465 g/mol. The van der Waals surface area contributed by atoms with Gasteiger partial charge in [0.15, 0.2) is 17.0 Å². The van der Waals surface area contributed by atoms with Crippen molar-refractivity contribution in [2.24, 2.45) is 5.73 Å². The van der Waals surface area contributed by atoms with Crippen LogP contribution in [-0.2, 0) is 4.74 Å². The normalized spacial score (nSPS) is 18.3. The molecule has 1 aliphatic carbocycles. The number of hydrogen-bond donors (Lipinski definition) is 3. The van der Waals surface area contributed by atoms with Crippen molar-refractivity contribution in [2.75, 3.05) is 17.2 Å². The number of aromatic nitrogens is 4. The zero-order valence-electron chi connectivity index (χ0n) is 20.3. The van der Waals surface area contributed by atoms with E-state index in [1.54, 1.807) is 19.1 Å². The standard InChI is InChI=1S/C25H35N7O2/c1-4-20(5-2)32-15-27-21-22(28-18-11-7-16(8-12-18)24(33)34-6-3)30-25(31-23(21)32)29-19-13-9-17(26)10-14-19/h7-8,11-12,15,17,19-20H,4-6,9-10,13-14,26H2,1-3H3,(H2,28,29,30,31). The summed E-state index contributed by atoms with van der Waals surface area (Å²) in [6, 6.07) is 8.07. The number of fused-ring (bicyclic) bond motifs is 1. The van der Waals surface area contributed by atoms with E-state index in [4.69, 9.17) is 20.4 Å². The van der Waals surface area contributed by atoms with Gasteiger partial charge in [-0.3, -0.25) is 0 Å². The van der Waals surface area contributed by atoms with Crippen LogP contribution in [0.1, 0.15) is 75.7 Å². The molecule has 34 heavy (non-hydrogen) atoms. The van der Waals surface area contributed by atoms with Crippen LogP contribution in [0.5, 0.6) is 0 Å². The Balaban J connectivity index is 1.66. The third-order valence-electron chi connectivity index (χ3n) is 6.52. The molecule has 9 heteroatoms. The highest BCUT2D eigenvalue weighted by molar-refractivity contribution is 5.90. The van der Waals surface area contributed by atoms with Gasteiger partial charge in [-0.15, -0.1) is 0 Å². The van der Waals surface area contributed by atoms with Gasteiger partial charge in [0.05, 0.1) is 18.5 Å². The molecule has 4 rings (SSSR count). The van der Waals surface area contributed by atoms with Crippen LogP contribution in [0, 0.1) is 0 Å². The summed E-state index contributed by atoms with van der Waals surface area (Å²) in [6.07, 6.45) is 7.86. The molecule has 2 aromatic heterocycles. The lowest BCUT2D eigenvalue weighted by Gasteiger charge is -2.27. The molecule has 1 aliphatic rings. The van der Waals surface area contributed by atoms with Gasteiger partial charge < -0.3 is 25.7 Å². The molecule has 1 fully saturated rings. The average Bonchev–Trinajstić information content (AvgIpc) is 3.26. The Hall–Kier alpha value is -3.20. The van der Waals surface area contributed by atoms with Gasteiger partial charge in [-0.1, -0.05) is 13.8 Å². The molecule has 0 saturated heterocycles. The molecular formula is C25H35N7O2. The van der Waals surface area contributed by atoms with Crippen LogP contribution in [0.3, 0.4) is 0 Å². The lowest BCUT2D eigenvalue weighted by Crippen LogP contribution is -2.33. The van der Waals surface area contributed by atoms with Gasteiger partial charge in [0, 0.05) is 23.8 Å². The third kappa shape index (κ3) is 5.30. The largest absolute Gasteiger partial charge is 0.462 e. The highest BCUT2D eigenvalue weighted by Gasteiger charge is 2.22. The fourth-order valence-corrected chi connectivity index (χ4v) is 4.50. The average molecular weight is 466 g/mol. The topological polar surface area (TPSA) is 120 Å². The first-order valence-electron chi connectivity index (χ1n) is 12.3. The predicted octanol–water partition coefficient (Wildman–Crippen LogP) is 4.79. The minimum absolute atomic E-state index is 0.285. The summed E-state index contributed by atoms with van der Waals surface area (Å²) in [5.41, 5.74) is 8.93. The molecule has 4 N–H and O–H groups in total. The summed E-state index contributed by atoms with van der Waals surface area (Å²) >= 11 is 0. The molecule has 9 nitrogen and oxygen atoms in total. The van der Waals surface area contributed by atoms with Gasteiger partial charge >= 0.3 is 5.97 Å². The van der Waals surface area contributed by atoms with Crippen LogP contribution in [0.25, 0.3) is 11.2 Å². The summed E-state index contributed by atoms with van der Waals surface area (Å²) in [4.78, 5) is 26.3. The SMILES string of the molecule is CCOC(=O)c1ccc(Nc2nc(NC3CCC(N)CC3)nc3c2ncn3C(CC)CC)cc1. The van der Waals surface area contributed by atoms with Crippen molar-refractivity contribution in [2.45, 2.75) is 77.4 Å². The third-order valence-corrected chi connectivity index (χ3v) is 6.52. The number of nitrogens with zero attached hydrogens (tertiary/aromatic N) is 4. The second-order valence-corrected chi connectivity index (χ2v) is 8.87. The fourth-order valence-electron chi connectivity index (χ4n) is 4.50. The summed E-state index contributed by atoms with van der Waals surface area (Å²) < 4.78 is 7.22. The summed E-state index contributed by atoms with van der Waals surface area (Å²) in [6.45, 7) is 6.49. The number of nitrogens with two attached hydrogens (primary N) is 1. The molecule has 0 spiro atoms. The van der Waals surface area contributed by atoms with Crippen molar-refractivity contribution >= 4 is 34.6 Å². The van der Waals surface area contributed by atoms with Crippen molar-refractivity contribution in [3.63, 3.8) is 0 Å². The van der Waals surface area contributed by atoms with Crippen molar-refractivity contribution in [1.82, 2.24) is 19.5 Å². The van der Waals surface area contributed by atoms with Gasteiger partial charge in [-0.05, 0) is 69.7 Å². The summed E-state index contributed by atoms with van der Waals surface area (Å²) in [7, 11) is 0. The number of rotatable bonds is 9. The number of benzene rings is 1. The Morgan fingerprint density at radius 1 is 1.12 bits per heavy atom. The molecule has 2 heterocycles. The minimum atomic E-state index is -0.332. The van der Waals surface area contributed by atoms with Gasteiger partial charge in [-0.25, -0.2) is 9.78 Å². The van der Waals surface area contributed by atoms with Gasteiger partial charge in [0.2, 0.25) is 5.95 Å². The van der Waals surface area contributed by atoms with Crippen molar-refractivity contribution in [3.05, 3.63) is 36.2 Å². The molecule has 0 aliphatic heterocycles. The van der Waals surface area contributed by atoms with Crippen LogP contribution < -0.4 is 16.4 Å². The van der Waals surface area contributed by atoms with Crippen LogP contribution in [0.15, 0.2) is 30.6 Å². The Morgan fingerprint density at radius 3 is 2.47 bits per heavy atom. The quantitative estimate of drug-likeness (QED) is 0.386. The number of anilines is 3. The smallest absolute Gasteiger partial charge is 0.338 e. The lowest BCUT2D eigenvalue weighted by atomic mass is 9.92. The van der Waals surface area contributed by atoms with Gasteiger partial charge in [0.25, 0.3) is 0 Å². The van der Waals surface area contributed by atoms with Crippen LogP contribution in [0.4, 0.5) is 17.5 Å². The van der Waals surface area contributed by atoms with Crippen molar-refractivity contribution < 1.29 is 9.53 Å². The molecule has 0 amide bonds. The number of carbonyl (C=O) groups excluding carboxylic acids is 1. The fraction of sp³-hybridized carbons (Fsp3) is 0.520. The highest BCUT2D eigenvalue weighted by atomic mass is 16.5. The van der Waals surface area contributed by atoms with Crippen LogP contribution >= 0.6 is 0 Å². The van der Waals surface area contributed by atoms with E-state index >= 15 is 0 Å². The Morgan fingerprint density at radius 2 is 1.82 bits per heavy atom. The first-order valence-corrected chi connectivity index (χ1v) is 12.3. The molecule has 182 valence electrons. The van der Waals surface area contributed by atoms with Crippen LogP contribution in [-0.4, -0.2) is 44.2 Å². The van der Waals surface area contributed by atoms with E-state index < -0.39 is 0 Å². The van der Waals surface area contributed by atoms with E-state index in [1.165, 1.54) is 0 Å². The number of nitrogens with one attached hydrogen (secondary N) is 2. The second kappa shape index (κ2) is 10.8. The molecule has 3 aromatic rings. The molecule has 0 radical (unpaired) electrons. The van der Waals surface area contributed by atoms with E-state index in [-0.39, 0.29) is 12.0 Å². The molecule has 0 atom stereocenters. The van der Waals surface area contributed by atoms with Crippen LogP contribution in [0.2, 0.25) is 0 Å². The minimum Gasteiger partial charge on any atom is -0.462 e. The lowest BCUT2D eigenvalue weighted by molar-refractivity contribution is 0.0526. The van der Waals surface area contributed by atoms with E-state index in [2.05, 4.69) is 34.0 Å². The maximum Gasteiger partial charge on any atom is 0.338 e. The first kappa shape index (κ1) is 23.9. The van der Waals surface area contributed by atoms with E-state index in [0.717, 1.165) is 55.4 Å². The molecule has 0 unspecified atom stereocenters.